The van der Waals surface area contributed by atoms with Gasteiger partial charge in [-0.05, 0) is 19.1 Å². The van der Waals surface area contributed by atoms with Crippen LogP contribution in [0.2, 0.25) is 0 Å². The molecule has 4 heteroatoms. The molecule has 0 atom stereocenters. The fraction of sp³-hybridized carbons (Fsp3) is 0.308. The highest BCUT2D eigenvalue weighted by Gasteiger charge is 2.05. The molecule has 0 aliphatic heterocycles. The lowest BCUT2D eigenvalue weighted by molar-refractivity contribution is 0.937. The summed E-state index contributed by atoms with van der Waals surface area (Å²) in [5, 5.41) is 3.21. The van der Waals surface area contributed by atoms with Gasteiger partial charge in [0.2, 0.25) is 0 Å². The summed E-state index contributed by atoms with van der Waals surface area (Å²) in [5.41, 5.74) is 1.75. The van der Waals surface area contributed by atoms with E-state index in [1.54, 1.807) is 6.20 Å². The van der Waals surface area contributed by atoms with Crippen molar-refractivity contribution < 1.29 is 0 Å². The van der Waals surface area contributed by atoms with Gasteiger partial charge in [-0.2, -0.15) is 0 Å². The Hall–Kier alpha value is -1.97. The first-order valence-corrected chi connectivity index (χ1v) is 5.86. The van der Waals surface area contributed by atoms with Gasteiger partial charge in [-0.15, -0.1) is 0 Å². The van der Waals surface area contributed by atoms with E-state index in [1.807, 2.05) is 38.1 Å². The number of hydrogen-bond acceptors (Lipinski definition) is 4. The summed E-state index contributed by atoms with van der Waals surface area (Å²) in [6.45, 7) is 4.95. The van der Waals surface area contributed by atoms with Crippen molar-refractivity contribution in [3.63, 3.8) is 0 Å². The molecule has 2 rings (SSSR count). The molecule has 2 aromatic rings. The summed E-state index contributed by atoms with van der Waals surface area (Å²) in [7, 11) is 0. The normalized spacial score (nSPS) is 10.2. The number of hydrogen-bond donors (Lipinski definition) is 1. The minimum absolute atomic E-state index is 0.819. The Balaban J connectivity index is 2.43. The number of anilines is 1. The van der Waals surface area contributed by atoms with Crippen LogP contribution in [0.15, 0.2) is 30.5 Å². The van der Waals surface area contributed by atoms with Crippen LogP contribution in [0.1, 0.15) is 19.7 Å². The summed E-state index contributed by atoms with van der Waals surface area (Å²) in [4.78, 5) is 13.2. The van der Waals surface area contributed by atoms with Crippen LogP contribution in [0.4, 0.5) is 5.82 Å². The molecule has 0 unspecified atom stereocenters. The van der Waals surface area contributed by atoms with E-state index >= 15 is 0 Å². The topological polar surface area (TPSA) is 50.7 Å². The van der Waals surface area contributed by atoms with Crippen LogP contribution in [-0.4, -0.2) is 21.5 Å². The van der Waals surface area contributed by atoms with Crippen molar-refractivity contribution in [2.24, 2.45) is 0 Å². The maximum absolute atomic E-state index is 4.49. The van der Waals surface area contributed by atoms with E-state index in [0.717, 1.165) is 36.0 Å². The van der Waals surface area contributed by atoms with Crippen LogP contribution in [0.3, 0.4) is 0 Å². The van der Waals surface area contributed by atoms with Crippen LogP contribution < -0.4 is 5.32 Å². The molecule has 0 saturated carbocycles. The minimum atomic E-state index is 0.819. The molecule has 0 aliphatic rings. The van der Waals surface area contributed by atoms with E-state index in [4.69, 9.17) is 0 Å². The van der Waals surface area contributed by atoms with E-state index in [2.05, 4.69) is 20.3 Å². The Morgan fingerprint density at radius 1 is 1.12 bits per heavy atom. The Bertz CT molecular complexity index is 482. The summed E-state index contributed by atoms with van der Waals surface area (Å²) < 4.78 is 0. The number of aryl methyl sites for hydroxylation is 1. The predicted molar refractivity (Wildman–Crippen MR) is 68.8 cm³/mol. The van der Waals surface area contributed by atoms with Gasteiger partial charge >= 0.3 is 0 Å². The molecule has 0 radical (unpaired) electrons. The van der Waals surface area contributed by atoms with Gasteiger partial charge in [-0.1, -0.05) is 13.0 Å². The van der Waals surface area contributed by atoms with Gasteiger partial charge in [0, 0.05) is 25.2 Å². The molecule has 0 bridgehead atoms. The zero-order valence-corrected chi connectivity index (χ0v) is 10.1. The van der Waals surface area contributed by atoms with Crippen LogP contribution in [0.5, 0.6) is 0 Å². The maximum Gasteiger partial charge on any atom is 0.131 e. The molecule has 0 spiro atoms. The van der Waals surface area contributed by atoms with E-state index in [-0.39, 0.29) is 0 Å². The molecule has 0 aliphatic carbocycles. The summed E-state index contributed by atoms with van der Waals surface area (Å²) in [5.74, 6) is 1.70. The average Bonchev–Trinajstić information content (AvgIpc) is 2.40. The first kappa shape index (κ1) is 11.5. The van der Waals surface area contributed by atoms with Crippen LogP contribution in [0.25, 0.3) is 11.4 Å². The van der Waals surface area contributed by atoms with Crippen molar-refractivity contribution in [2.45, 2.75) is 20.3 Å². The molecular formula is C13H16N4. The van der Waals surface area contributed by atoms with Crippen molar-refractivity contribution in [3.8, 4) is 11.4 Å². The highest BCUT2D eigenvalue weighted by molar-refractivity contribution is 5.58. The van der Waals surface area contributed by atoms with Crippen LogP contribution in [0, 0.1) is 0 Å². The molecule has 17 heavy (non-hydrogen) atoms. The Labute approximate surface area is 101 Å². The van der Waals surface area contributed by atoms with Gasteiger partial charge in [0.15, 0.2) is 0 Å². The van der Waals surface area contributed by atoms with Crippen molar-refractivity contribution in [1.82, 2.24) is 15.0 Å². The fourth-order valence-electron chi connectivity index (χ4n) is 1.57. The summed E-state index contributed by atoms with van der Waals surface area (Å²) in [6.07, 6.45) is 2.59. The SMILES string of the molecule is CCNc1cc(-c2ccccn2)nc(CC)n1. The summed E-state index contributed by atoms with van der Waals surface area (Å²) in [6, 6.07) is 7.75. The van der Waals surface area contributed by atoms with Crippen molar-refractivity contribution >= 4 is 5.82 Å². The number of nitrogens with one attached hydrogen (secondary N) is 1. The zero-order valence-electron chi connectivity index (χ0n) is 10.1. The quantitative estimate of drug-likeness (QED) is 0.873. The molecular weight excluding hydrogens is 212 g/mol. The lowest BCUT2D eigenvalue weighted by Gasteiger charge is -2.07. The third-order valence-electron chi connectivity index (χ3n) is 2.37. The minimum Gasteiger partial charge on any atom is -0.370 e. The van der Waals surface area contributed by atoms with Crippen molar-refractivity contribution in [1.29, 1.82) is 0 Å². The predicted octanol–water partition coefficient (Wildman–Crippen LogP) is 2.53. The monoisotopic (exact) mass is 228 g/mol. The van der Waals surface area contributed by atoms with Gasteiger partial charge in [0.1, 0.15) is 11.6 Å². The fourth-order valence-corrected chi connectivity index (χ4v) is 1.57. The molecule has 88 valence electrons. The van der Waals surface area contributed by atoms with E-state index in [0.29, 0.717) is 0 Å². The second kappa shape index (κ2) is 5.39. The van der Waals surface area contributed by atoms with Crippen LogP contribution >= 0.6 is 0 Å². The molecule has 0 saturated heterocycles. The van der Waals surface area contributed by atoms with Crippen LogP contribution in [-0.2, 0) is 6.42 Å². The smallest absolute Gasteiger partial charge is 0.131 e. The Morgan fingerprint density at radius 2 is 2.00 bits per heavy atom. The first-order valence-electron chi connectivity index (χ1n) is 5.86. The molecule has 2 heterocycles. The number of nitrogens with zero attached hydrogens (tertiary/aromatic N) is 3. The first-order chi connectivity index (χ1) is 8.33. The van der Waals surface area contributed by atoms with Crippen molar-refractivity contribution in [3.05, 3.63) is 36.3 Å². The molecule has 2 aromatic heterocycles. The van der Waals surface area contributed by atoms with Crippen molar-refractivity contribution in [2.75, 3.05) is 11.9 Å². The third-order valence-corrected chi connectivity index (χ3v) is 2.37. The lowest BCUT2D eigenvalue weighted by atomic mass is 10.2. The molecule has 1 N–H and O–H groups in total. The Morgan fingerprint density at radius 3 is 2.65 bits per heavy atom. The largest absolute Gasteiger partial charge is 0.370 e. The van der Waals surface area contributed by atoms with E-state index in [1.165, 1.54) is 0 Å². The zero-order chi connectivity index (χ0) is 12.1. The van der Waals surface area contributed by atoms with Gasteiger partial charge in [0.05, 0.1) is 11.4 Å². The van der Waals surface area contributed by atoms with Gasteiger partial charge in [0.25, 0.3) is 0 Å². The number of aromatic nitrogens is 3. The second-order valence-corrected chi connectivity index (χ2v) is 3.65. The second-order valence-electron chi connectivity index (χ2n) is 3.65. The van der Waals surface area contributed by atoms with Gasteiger partial charge in [-0.3, -0.25) is 4.98 Å². The Kier molecular flexibility index (Phi) is 3.65. The molecule has 0 amide bonds. The molecule has 0 fully saturated rings. The number of pyridine rings is 1. The number of rotatable bonds is 4. The lowest BCUT2D eigenvalue weighted by Crippen LogP contribution is -2.04. The molecule has 0 aromatic carbocycles. The highest BCUT2D eigenvalue weighted by atomic mass is 15.0. The highest BCUT2D eigenvalue weighted by Crippen LogP contribution is 2.17. The van der Waals surface area contributed by atoms with Gasteiger partial charge < -0.3 is 5.32 Å². The van der Waals surface area contributed by atoms with E-state index < -0.39 is 0 Å². The molecule has 4 nitrogen and oxygen atoms in total. The van der Waals surface area contributed by atoms with E-state index in [9.17, 15) is 0 Å². The average molecular weight is 228 g/mol. The summed E-state index contributed by atoms with van der Waals surface area (Å²) >= 11 is 0. The standard InChI is InChI=1S/C13H16N4/c1-3-12-16-11(9-13(17-12)14-4-2)10-7-5-6-8-15-10/h5-9H,3-4H2,1-2H3,(H,14,16,17). The maximum atomic E-state index is 4.49. The third kappa shape index (κ3) is 2.78. The van der Waals surface area contributed by atoms with Gasteiger partial charge in [-0.25, -0.2) is 9.97 Å².